The Hall–Kier alpha value is -2.17. The van der Waals surface area contributed by atoms with Gasteiger partial charge in [0.05, 0.1) is 12.1 Å². The number of aliphatic hydroxyl groups excluding tert-OH is 1. The highest BCUT2D eigenvalue weighted by Crippen LogP contribution is 2.19. The van der Waals surface area contributed by atoms with Gasteiger partial charge < -0.3 is 15.7 Å². The van der Waals surface area contributed by atoms with Gasteiger partial charge in [0.2, 0.25) is 5.91 Å². The van der Waals surface area contributed by atoms with Gasteiger partial charge in [-0.3, -0.25) is 4.79 Å². The predicted molar refractivity (Wildman–Crippen MR) is 101 cm³/mol. The van der Waals surface area contributed by atoms with E-state index >= 15 is 0 Å². The summed E-state index contributed by atoms with van der Waals surface area (Å²) in [5, 5.41) is 16.9. The van der Waals surface area contributed by atoms with Crippen LogP contribution < -0.4 is 10.6 Å². The quantitative estimate of drug-likeness (QED) is 0.692. The molecule has 2 atom stereocenters. The van der Waals surface area contributed by atoms with Gasteiger partial charge in [0.1, 0.15) is 0 Å². The number of hydrogen-bond donors (Lipinski definition) is 3. The van der Waals surface area contributed by atoms with Gasteiger partial charge in [-0.2, -0.15) is 0 Å². The van der Waals surface area contributed by atoms with Crippen LogP contribution in [0, 0.1) is 0 Å². The third-order valence-electron chi connectivity index (χ3n) is 4.40. The van der Waals surface area contributed by atoms with Crippen LogP contribution in [-0.2, 0) is 16.8 Å². The topological polar surface area (TPSA) is 61.4 Å². The second-order valence-corrected chi connectivity index (χ2v) is 6.94. The first kappa shape index (κ1) is 19.2. The van der Waals surface area contributed by atoms with Gasteiger partial charge in [-0.1, -0.05) is 60.7 Å². The molecule has 0 unspecified atom stereocenters. The van der Waals surface area contributed by atoms with E-state index in [1.165, 1.54) is 6.92 Å². The Labute approximate surface area is 150 Å². The largest absolute Gasteiger partial charge is 0.390 e. The fourth-order valence-corrected chi connectivity index (χ4v) is 2.87. The Morgan fingerprint density at radius 1 is 1.04 bits per heavy atom. The number of carbonyl (C=O) groups is 1. The Morgan fingerprint density at radius 2 is 1.60 bits per heavy atom. The lowest BCUT2D eigenvalue weighted by atomic mass is 9.93. The van der Waals surface area contributed by atoms with E-state index in [1.807, 2.05) is 48.5 Å². The van der Waals surface area contributed by atoms with Gasteiger partial charge in [-0.25, -0.2) is 0 Å². The van der Waals surface area contributed by atoms with Crippen molar-refractivity contribution in [1.29, 1.82) is 0 Å². The van der Waals surface area contributed by atoms with E-state index in [2.05, 4.69) is 36.6 Å². The molecule has 0 spiro atoms. The van der Waals surface area contributed by atoms with Crippen LogP contribution in [0.2, 0.25) is 0 Å². The highest BCUT2D eigenvalue weighted by Gasteiger charge is 2.25. The van der Waals surface area contributed by atoms with Gasteiger partial charge in [-0.15, -0.1) is 0 Å². The molecule has 4 nitrogen and oxygen atoms in total. The minimum absolute atomic E-state index is 0.137. The average Bonchev–Trinajstić information content (AvgIpc) is 2.60. The van der Waals surface area contributed by atoms with Crippen molar-refractivity contribution in [3.8, 4) is 0 Å². The Kier molecular flexibility index (Phi) is 6.73. The summed E-state index contributed by atoms with van der Waals surface area (Å²) in [4.78, 5) is 11.5. The van der Waals surface area contributed by atoms with E-state index in [1.54, 1.807) is 0 Å². The van der Waals surface area contributed by atoms with Crippen LogP contribution >= 0.6 is 0 Å². The molecule has 0 aliphatic carbocycles. The summed E-state index contributed by atoms with van der Waals surface area (Å²) in [6.07, 6.45) is -0.0956. The minimum Gasteiger partial charge on any atom is -0.390 e. The molecule has 25 heavy (non-hydrogen) atoms. The first-order chi connectivity index (χ1) is 11.9. The second kappa shape index (κ2) is 8.79. The molecule has 0 bridgehead atoms. The van der Waals surface area contributed by atoms with Gasteiger partial charge in [0.15, 0.2) is 0 Å². The summed E-state index contributed by atoms with van der Waals surface area (Å²) in [5.74, 6) is -0.137. The van der Waals surface area contributed by atoms with Gasteiger partial charge >= 0.3 is 0 Å². The number of rotatable bonds is 8. The molecule has 0 aromatic heterocycles. The van der Waals surface area contributed by atoms with Crippen molar-refractivity contribution in [1.82, 2.24) is 10.6 Å². The SMILES string of the molecule is CC(=O)N[C@@H](Cc1ccccc1)[C@H](O)CNC(C)(C)c1ccccc1. The molecule has 0 saturated carbocycles. The molecule has 0 saturated heterocycles. The smallest absolute Gasteiger partial charge is 0.217 e. The molecule has 0 fully saturated rings. The van der Waals surface area contributed by atoms with Crippen LogP contribution in [0.1, 0.15) is 31.9 Å². The van der Waals surface area contributed by atoms with Crippen molar-refractivity contribution in [3.05, 3.63) is 71.8 Å². The van der Waals surface area contributed by atoms with E-state index in [0.29, 0.717) is 13.0 Å². The predicted octanol–water partition coefficient (Wildman–Crippen LogP) is 2.62. The van der Waals surface area contributed by atoms with E-state index < -0.39 is 6.10 Å². The molecule has 0 aliphatic rings. The molecule has 1 amide bonds. The van der Waals surface area contributed by atoms with Gasteiger partial charge in [0, 0.05) is 19.0 Å². The number of hydrogen-bond acceptors (Lipinski definition) is 3. The molecule has 0 heterocycles. The molecule has 2 aromatic carbocycles. The number of benzene rings is 2. The fraction of sp³-hybridized carbons (Fsp3) is 0.381. The Morgan fingerprint density at radius 3 is 2.16 bits per heavy atom. The van der Waals surface area contributed by atoms with Crippen LogP contribution in [0.15, 0.2) is 60.7 Å². The van der Waals surface area contributed by atoms with Crippen molar-refractivity contribution < 1.29 is 9.90 Å². The van der Waals surface area contributed by atoms with Crippen molar-refractivity contribution >= 4 is 5.91 Å². The fourth-order valence-electron chi connectivity index (χ4n) is 2.87. The summed E-state index contributed by atoms with van der Waals surface area (Å²) >= 11 is 0. The molecule has 134 valence electrons. The first-order valence-corrected chi connectivity index (χ1v) is 8.68. The molecule has 3 N–H and O–H groups in total. The highest BCUT2D eigenvalue weighted by molar-refractivity contribution is 5.73. The van der Waals surface area contributed by atoms with Crippen LogP contribution in [0.3, 0.4) is 0 Å². The summed E-state index contributed by atoms with van der Waals surface area (Å²) in [6, 6.07) is 19.7. The van der Waals surface area contributed by atoms with Crippen molar-refractivity contribution in [2.75, 3.05) is 6.54 Å². The summed E-state index contributed by atoms with van der Waals surface area (Å²) in [6.45, 7) is 6.03. The second-order valence-electron chi connectivity index (χ2n) is 6.94. The molecule has 4 heteroatoms. The first-order valence-electron chi connectivity index (χ1n) is 8.68. The summed E-state index contributed by atoms with van der Waals surface area (Å²) in [7, 11) is 0. The molecule has 2 rings (SSSR count). The van der Waals surface area contributed by atoms with Gasteiger partial charge in [0.25, 0.3) is 0 Å². The Balaban J connectivity index is 2.01. The molecular formula is C21H28N2O2. The maximum atomic E-state index is 11.5. The van der Waals surface area contributed by atoms with Crippen LogP contribution in [0.25, 0.3) is 0 Å². The average molecular weight is 340 g/mol. The summed E-state index contributed by atoms with van der Waals surface area (Å²) < 4.78 is 0. The molecule has 0 aliphatic heterocycles. The maximum Gasteiger partial charge on any atom is 0.217 e. The van der Waals surface area contributed by atoms with Crippen LogP contribution in [-0.4, -0.2) is 29.7 Å². The van der Waals surface area contributed by atoms with Crippen LogP contribution in [0.5, 0.6) is 0 Å². The zero-order valence-electron chi connectivity index (χ0n) is 15.2. The number of carbonyl (C=O) groups excluding carboxylic acids is 1. The molecule has 0 radical (unpaired) electrons. The van der Waals surface area contributed by atoms with E-state index in [9.17, 15) is 9.90 Å². The number of nitrogens with one attached hydrogen (secondary N) is 2. The lowest BCUT2D eigenvalue weighted by Gasteiger charge is -2.31. The lowest BCUT2D eigenvalue weighted by Crippen LogP contribution is -2.51. The third-order valence-corrected chi connectivity index (χ3v) is 4.40. The van der Waals surface area contributed by atoms with E-state index in [0.717, 1.165) is 11.1 Å². The third kappa shape index (κ3) is 6.00. The van der Waals surface area contributed by atoms with E-state index in [-0.39, 0.29) is 17.5 Å². The molecule has 2 aromatic rings. The van der Waals surface area contributed by atoms with Crippen molar-refractivity contribution in [2.45, 2.75) is 44.9 Å². The normalized spacial score (nSPS) is 13.9. The Bertz CT molecular complexity index is 656. The minimum atomic E-state index is -0.688. The zero-order chi connectivity index (χ0) is 18.3. The van der Waals surface area contributed by atoms with Crippen molar-refractivity contribution in [2.24, 2.45) is 0 Å². The molecular weight excluding hydrogens is 312 g/mol. The number of aliphatic hydroxyl groups is 1. The standard InChI is InChI=1S/C21H28N2O2/c1-16(24)23-19(14-17-10-6-4-7-11-17)20(25)15-22-21(2,3)18-12-8-5-9-13-18/h4-13,19-20,22,25H,14-15H2,1-3H3,(H,23,24)/t19-,20+/m0/s1. The monoisotopic (exact) mass is 340 g/mol. The van der Waals surface area contributed by atoms with Crippen molar-refractivity contribution in [3.63, 3.8) is 0 Å². The maximum absolute atomic E-state index is 11.5. The zero-order valence-corrected chi connectivity index (χ0v) is 15.2. The van der Waals surface area contributed by atoms with E-state index in [4.69, 9.17) is 0 Å². The summed E-state index contributed by atoms with van der Waals surface area (Å²) in [5.41, 5.74) is 1.97. The number of amides is 1. The van der Waals surface area contributed by atoms with Gasteiger partial charge in [-0.05, 0) is 31.4 Å². The highest BCUT2D eigenvalue weighted by atomic mass is 16.3. The van der Waals surface area contributed by atoms with Crippen LogP contribution in [0.4, 0.5) is 0 Å². The lowest BCUT2D eigenvalue weighted by molar-refractivity contribution is -0.120.